The first kappa shape index (κ1) is 12.8. The first-order valence-electron chi connectivity index (χ1n) is 6.73. The van der Waals surface area contributed by atoms with Crippen molar-refractivity contribution < 1.29 is 0 Å². The molecule has 1 saturated heterocycles. The fraction of sp³-hybridized carbons (Fsp3) is 0.571. The van der Waals surface area contributed by atoms with Crippen molar-refractivity contribution in [1.82, 2.24) is 14.6 Å². The van der Waals surface area contributed by atoms with E-state index in [9.17, 15) is 0 Å². The number of hydrogen-bond acceptors (Lipinski definition) is 4. The van der Waals surface area contributed by atoms with E-state index < -0.39 is 0 Å². The van der Waals surface area contributed by atoms with E-state index in [4.69, 9.17) is 0 Å². The number of rotatable bonds is 1. The summed E-state index contributed by atoms with van der Waals surface area (Å²) in [6, 6.07) is 2.18. The van der Waals surface area contributed by atoms with Gasteiger partial charge in [-0.15, -0.1) is 0 Å². The van der Waals surface area contributed by atoms with Gasteiger partial charge in [-0.2, -0.15) is 16.9 Å². The number of nitrogens with zero attached hydrogens (tertiary/aromatic N) is 4. The minimum absolute atomic E-state index is 0.0705. The lowest BCUT2D eigenvalue weighted by molar-refractivity contribution is 0.562. The molecule has 1 fully saturated rings. The largest absolute Gasteiger partial charge is 0.353 e. The van der Waals surface area contributed by atoms with Gasteiger partial charge in [-0.3, -0.25) is 0 Å². The van der Waals surface area contributed by atoms with Crippen molar-refractivity contribution >= 4 is 23.1 Å². The Morgan fingerprint density at radius 2 is 1.95 bits per heavy atom. The Morgan fingerprint density at radius 1 is 1.21 bits per heavy atom. The number of anilines is 1. The molecule has 1 aliphatic heterocycles. The Morgan fingerprint density at radius 3 is 2.63 bits per heavy atom. The van der Waals surface area contributed by atoms with Crippen LogP contribution in [0.4, 0.5) is 5.82 Å². The molecule has 0 unspecified atom stereocenters. The lowest BCUT2D eigenvalue weighted by Gasteiger charge is -2.27. The molecule has 0 radical (unpaired) electrons. The highest BCUT2D eigenvalue weighted by Gasteiger charge is 2.21. The quantitative estimate of drug-likeness (QED) is 0.801. The van der Waals surface area contributed by atoms with Crippen molar-refractivity contribution in [3.63, 3.8) is 0 Å². The van der Waals surface area contributed by atoms with Crippen LogP contribution < -0.4 is 4.90 Å². The maximum Gasteiger partial charge on any atom is 0.154 e. The van der Waals surface area contributed by atoms with Crippen molar-refractivity contribution in [2.24, 2.45) is 0 Å². The van der Waals surface area contributed by atoms with Crippen LogP contribution in [0.1, 0.15) is 26.5 Å². The Kier molecular flexibility index (Phi) is 3.17. The lowest BCUT2D eigenvalue weighted by Crippen LogP contribution is -2.33. The summed E-state index contributed by atoms with van der Waals surface area (Å²) in [5.41, 5.74) is 2.31. The Balaban J connectivity index is 2.07. The first-order valence-corrected chi connectivity index (χ1v) is 7.89. The second-order valence-electron chi connectivity index (χ2n) is 5.96. The molecule has 3 rings (SSSR count). The predicted molar refractivity (Wildman–Crippen MR) is 81.2 cm³/mol. The Labute approximate surface area is 118 Å². The van der Waals surface area contributed by atoms with Crippen molar-refractivity contribution in [3.8, 4) is 0 Å². The highest BCUT2D eigenvalue weighted by molar-refractivity contribution is 7.99. The monoisotopic (exact) mass is 276 g/mol. The van der Waals surface area contributed by atoms with Gasteiger partial charge >= 0.3 is 0 Å². The van der Waals surface area contributed by atoms with Crippen LogP contribution in [0.3, 0.4) is 0 Å². The number of fused-ring (bicyclic) bond motifs is 1. The highest BCUT2D eigenvalue weighted by Crippen LogP contribution is 2.27. The van der Waals surface area contributed by atoms with Crippen LogP contribution >= 0.6 is 11.8 Å². The number of hydrogen-bond donors (Lipinski definition) is 0. The minimum Gasteiger partial charge on any atom is -0.353 e. The molecule has 0 bridgehead atoms. The molecular formula is C14H20N4S. The second kappa shape index (κ2) is 4.71. The van der Waals surface area contributed by atoms with Gasteiger partial charge in [0.05, 0.1) is 5.69 Å². The summed E-state index contributed by atoms with van der Waals surface area (Å²) in [5.74, 6) is 3.44. The molecule has 0 atom stereocenters. The highest BCUT2D eigenvalue weighted by atomic mass is 32.2. The zero-order chi connectivity index (χ0) is 13.5. The van der Waals surface area contributed by atoms with E-state index in [-0.39, 0.29) is 5.41 Å². The van der Waals surface area contributed by atoms with Crippen LogP contribution in [-0.4, -0.2) is 39.2 Å². The molecule has 2 aromatic heterocycles. The molecule has 0 saturated carbocycles. The molecule has 4 nitrogen and oxygen atoms in total. The van der Waals surface area contributed by atoms with Gasteiger partial charge in [0.2, 0.25) is 0 Å². The van der Waals surface area contributed by atoms with Crippen LogP contribution in [0.2, 0.25) is 0 Å². The van der Waals surface area contributed by atoms with E-state index in [0.717, 1.165) is 30.1 Å². The fourth-order valence-electron chi connectivity index (χ4n) is 2.29. The summed E-state index contributed by atoms with van der Waals surface area (Å²) in [4.78, 5) is 6.96. The average Bonchev–Trinajstić information content (AvgIpc) is 2.83. The summed E-state index contributed by atoms with van der Waals surface area (Å²) < 4.78 is 1.96. The number of thioether (sulfide) groups is 1. The summed E-state index contributed by atoms with van der Waals surface area (Å²) in [6.45, 7) is 8.74. The molecule has 3 heterocycles. The number of aromatic nitrogens is 3. The van der Waals surface area contributed by atoms with Crippen LogP contribution in [0, 0.1) is 0 Å². The van der Waals surface area contributed by atoms with Gasteiger partial charge in [-0.25, -0.2) is 9.50 Å². The Bertz CT molecular complexity index is 579. The molecule has 5 heteroatoms. The van der Waals surface area contributed by atoms with Crippen LogP contribution in [0.5, 0.6) is 0 Å². The maximum atomic E-state index is 4.68. The third-order valence-corrected chi connectivity index (χ3v) is 4.39. The zero-order valence-electron chi connectivity index (χ0n) is 11.8. The van der Waals surface area contributed by atoms with Crippen molar-refractivity contribution in [2.75, 3.05) is 29.5 Å². The predicted octanol–water partition coefficient (Wildman–Crippen LogP) is 2.58. The summed E-state index contributed by atoms with van der Waals surface area (Å²) in [7, 11) is 0. The van der Waals surface area contributed by atoms with E-state index in [1.165, 1.54) is 11.5 Å². The molecule has 0 spiro atoms. The average molecular weight is 276 g/mol. The summed E-state index contributed by atoms with van der Waals surface area (Å²) in [6.07, 6.45) is 3.79. The smallest absolute Gasteiger partial charge is 0.154 e. The summed E-state index contributed by atoms with van der Waals surface area (Å²) in [5, 5.41) is 4.68. The zero-order valence-corrected chi connectivity index (χ0v) is 12.6. The molecule has 0 aliphatic carbocycles. The van der Waals surface area contributed by atoms with Crippen molar-refractivity contribution in [1.29, 1.82) is 0 Å². The topological polar surface area (TPSA) is 33.4 Å². The molecule has 0 amide bonds. The second-order valence-corrected chi connectivity index (χ2v) is 7.18. The van der Waals surface area contributed by atoms with E-state index in [2.05, 4.69) is 41.8 Å². The van der Waals surface area contributed by atoms with Crippen LogP contribution in [0.15, 0.2) is 18.5 Å². The molecule has 0 N–H and O–H groups in total. The lowest BCUT2D eigenvalue weighted by atomic mass is 9.92. The van der Waals surface area contributed by atoms with E-state index in [1.54, 1.807) is 0 Å². The van der Waals surface area contributed by atoms with Crippen LogP contribution in [-0.2, 0) is 5.41 Å². The van der Waals surface area contributed by atoms with Crippen molar-refractivity contribution in [2.45, 2.75) is 26.2 Å². The molecular weight excluding hydrogens is 256 g/mol. The molecule has 19 heavy (non-hydrogen) atoms. The van der Waals surface area contributed by atoms with E-state index in [1.807, 2.05) is 28.7 Å². The van der Waals surface area contributed by atoms with Crippen molar-refractivity contribution in [3.05, 3.63) is 24.2 Å². The van der Waals surface area contributed by atoms with E-state index in [0.29, 0.717) is 0 Å². The first-order chi connectivity index (χ1) is 9.05. The minimum atomic E-state index is 0.0705. The van der Waals surface area contributed by atoms with Gasteiger partial charge in [0.15, 0.2) is 5.82 Å². The SMILES string of the molecule is CC(C)(C)c1cc2c(N3CCSCC3)nccn2n1. The van der Waals surface area contributed by atoms with Gasteiger partial charge < -0.3 is 4.90 Å². The van der Waals surface area contributed by atoms with Crippen LogP contribution in [0.25, 0.3) is 5.52 Å². The molecule has 102 valence electrons. The van der Waals surface area contributed by atoms with Gasteiger partial charge in [0.25, 0.3) is 0 Å². The maximum absolute atomic E-state index is 4.68. The van der Waals surface area contributed by atoms with Gasteiger partial charge in [0, 0.05) is 42.4 Å². The van der Waals surface area contributed by atoms with E-state index >= 15 is 0 Å². The third kappa shape index (κ3) is 2.43. The fourth-order valence-corrected chi connectivity index (χ4v) is 3.20. The normalized spacial score (nSPS) is 17.1. The third-order valence-electron chi connectivity index (χ3n) is 3.45. The van der Waals surface area contributed by atoms with Gasteiger partial charge in [-0.1, -0.05) is 20.8 Å². The Hall–Kier alpha value is -1.23. The molecule has 0 aromatic carbocycles. The summed E-state index contributed by atoms with van der Waals surface area (Å²) >= 11 is 2.02. The molecule has 2 aromatic rings. The molecule has 1 aliphatic rings. The van der Waals surface area contributed by atoms with Gasteiger partial charge in [-0.05, 0) is 6.07 Å². The standard InChI is InChI=1S/C14H20N4S/c1-14(2,3)12-10-11-13(15-4-5-18(11)16-12)17-6-8-19-9-7-17/h4-5,10H,6-9H2,1-3H3. The van der Waals surface area contributed by atoms with Gasteiger partial charge in [0.1, 0.15) is 5.52 Å².